The molecule has 0 saturated carbocycles. The molecule has 108 valence electrons. The molecular formula is C16H22ClN3. The van der Waals surface area contributed by atoms with Crippen molar-refractivity contribution >= 4 is 11.6 Å². The molecule has 0 radical (unpaired) electrons. The summed E-state index contributed by atoms with van der Waals surface area (Å²) < 4.78 is 1.92. The number of benzene rings is 1. The second-order valence-corrected chi connectivity index (χ2v) is 5.40. The largest absolute Gasteiger partial charge is 0.310 e. The summed E-state index contributed by atoms with van der Waals surface area (Å²) in [5.74, 6) is 0. The fraction of sp³-hybridized carbons (Fsp3) is 0.438. The first-order valence-corrected chi connectivity index (χ1v) is 7.59. The fourth-order valence-electron chi connectivity index (χ4n) is 2.21. The summed E-state index contributed by atoms with van der Waals surface area (Å²) in [4.78, 5) is 0. The minimum atomic E-state index is 0.273. The Kier molecular flexibility index (Phi) is 5.21. The summed E-state index contributed by atoms with van der Waals surface area (Å²) in [6.07, 6.45) is 5.05. The normalized spacial score (nSPS) is 12.6. The number of aryl methyl sites for hydroxylation is 1. The number of halogens is 1. The molecule has 0 saturated heterocycles. The van der Waals surface area contributed by atoms with Crippen molar-refractivity contribution in [2.75, 3.05) is 6.54 Å². The summed E-state index contributed by atoms with van der Waals surface area (Å²) in [6, 6.07) is 6.52. The Bertz CT molecular complexity index is 563. The van der Waals surface area contributed by atoms with Crippen LogP contribution in [-0.2, 0) is 6.54 Å². The second-order valence-electron chi connectivity index (χ2n) is 5.00. The third-order valence-corrected chi connectivity index (χ3v) is 3.79. The Hall–Kier alpha value is -1.32. The molecule has 0 bridgehead atoms. The summed E-state index contributed by atoms with van der Waals surface area (Å²) in [5.41, 5.74) is 3.36. The van der Waals surface area contributed by atoms with Crippen LogP contribution in [0.2, 0.25) is 5.02 Å². The Morgan fingerprint density at radius 3 is 2.70 bits per heavy atom. The van der Waals surface area contributed by atoms with Gasteiger partial charge in [0.15, 0.2) is 0 Å². The molecule has 1 aromatic heterocycles. The molecule has 0 fully saturated rings. The maximum atomic E-state index is 6.43. The highest BCUT2D eigenvalue weighted by atomic mass is 35.5. The maximum absolute atomic E-state index is 6.43. The predicted molar refractivity (Wildman–Crippen MR) is 85.1 cm³/mol. The van der Waals surface area contributed by atoms with Crippen LogP contribution in [0.4, 0.5) is 0 Å². The minimum absolute atomic E-state index is 0.273. The second kappa shape index (κ2) is 6.91. The number of nitrogens with one attached hydrogen (secondary N) is 1. The van der Waals surface area contributed by atoms with Gasteiger partial charge in [-0.3, -0.25) is 4.68 Å². The van der Waals surface area contributed by atoms with Crippen molar-refractivity contribution in [3.05, 3.63) is 41.2 Å². The van der Waals surface area contributed by atoms with Crippen molar-refractivity contribution in [2.45, 2.75) is 39.8 Å². The first-order chi connectivity index (χ1) is 9.65. The van der Waals surface area contributed by atoms with Gasteiger partial charge in [0.25, 0.3) is 0 Å². The molecule has 0 amide bonds. The minimum Gasteiger partial charge on any atom is -0.310 e. The van der Waals surface area contributed by atoms with Gasteiger partial charge in [-0.05, 0) is 44.0 Å². The SMILES string of the molecule is CCCNC(C)c1ccc(-c2cnn(CC)c2)cc1Cl. The van der Waals surface area contributed by atoms with E-state index < -0.39 is 0 Å². The molecule has 4 heteroatoms. The van der Waals surface area contributed by atoms with Crippen LogP contribution in [0.5, 0.6) is 0 Å². The highest BCUT2D eigenvalue weighted by molar-refractivity contribution is 6.31. The lowest BCUT2D eigenvalue weighted by Crippen LogP contribution is -2.19. The molecule has 1 unspecified atom stereocenters. The van der Waals surface area contributed by atoms with E-state index in [9.17, 15) is 0 Å². The standard InChI is InChI=1S/C16H22ClN3/c1-4-8-18-12(3)15-7-6-13(9-16(15)17)14-10-19-20(5-2)11-14/h6-7,9-12,18H,4-5,8H2,1-3H3. The van der Waals surface area contributed by atoms with Crippen molar-refractivity contribution < 1.29 is 0 Å². The smallest absolute Gasteiger partial charge is 0.0568 e. The molecule has 20 heavy (non-hydrogen) atoms. The van der Waals surface area contributed by atoms with Gasteiger partial charge in [0.2, 0.25) is 0 Å². The first kappa shape index (κ1) is 15.1. The van der Waals surface area contributed by atoms with Crippen LogP contribution in [0.25, 0.3) is 11.1 Å². The molecule has 0 aliphatic rings. The quantitative estimate of drug-likeness (QED) is 0.861. The summed E-state index contributed by atoms with van der Waals surface area (Å²) in [5, 5.41) is 8.57. The predicted octanol–water partition coefficient (Wildman–Crippen LogP) is 4.28. The lowest BCUT2D eigenvalue weighted by Gasteiger charge is -2.15. The van der Waals surface area contributed by atoms with Gasteiger partial charge in [-0.2, -0.15) is 5.10 Å². The van der Waals surface area contributed by atoms with Gasteiger partial charge in [0, 0.05) is 29.4 Å². The number of aromatic nitrogens is 2. The molecule has 0 aliphatic heterocycles. The van der Waals surface area contributed by atoms with E-state index in [-0.39, 0.29) is 6.04 Å². The average molecular weight is 292 g/mol. The molecule has 1 N–H and O–H groups in total. The fourth-order valence-corrected chi connectivity index (χ4v) is 2.56. The van der Waals surface area contributed by atoms with Gasteiger partial charge >= 0.3 is 0 Å². The summed E-state index contributed by atoms with van der Waals surface area (Å²) in [6.45, 7) is 8.27. The van der Waals surface area contributed by atoms with E-state index in [4.69, 9.17) is 11.6 Å². The van der Waals surface area contributed by atoms with E-state index >= 15 is 0 Å². The van der Waals surface area contributed by atoms with Crippen molar-refractivity contribution in [2.24, 2.45) is 0 Å². The van der Waals surface area contributed by atoms with E-state index in [2.05, 4.69) is 43.3 Å². The number of hydrogen-bond acceptors (Lipinski definition) is 2. The zero-order valence-corrected chi connectivity index (χ0v) is 13.1. The van der Waals surface area contributed by atoms with Crippen LogP contribution >= 0.6 is 11.6 Å². The van der Waals surface area contributed by atoms with Gasteiger partial charge in [0.1, 0.15) is 0 Å². The van der Waals surface area contributed by atoms with Crippen molar-refractivity contribution in [3.63, 3.8) is 0 Å². The molecule has 0 aliphatic carbocycles. The highest BCUT2D eigenvalue weighted by Crippen LogP contribution is 2.28. The average Bonchev–Trinajstić information content (AvgIpc) is 2.93. The van der Waals surface area contributed by atoms with Crippen molar-refractivity contribution in [1.29, 1.82) is 0 Å². The Morgan fingerprint density at radius 2 is 2.10 bits per heavy atom. The first-order valence-electron chi connectivity index (χ1n) is 7.21. The highest BCUT2D eigenvalue weighted by Gasteiger charge is 2.10. The van der Waals surface area contributed by atoms with Crippen molar-refractivity contribution in [3.8, 4) is 11.1 Å². The molecular weight excluding hydrogens is 270 g/mol. The zero-order chi connectivity index (χ0) is 14.5. The molecule has 2 rings (SSSR count). The number of rotatable bonds is 6. The molecule has 1 atom stereocenters. The van der Waals surface area contributed by atoms with Gasteiger partial charge < -0.3 is 5.32 Å². The van der Waals surface area contributed by atoms with Crippen LogP contribution in [0.3, 0.4) is 0 Å². The van der Waals surface area contributed by atoms with Crippen LogP contribution in [-0.4, -0.2) is 16.3 Å². The Balaban J connectivity index is 2.20. The van der Waals surface area contributed by atoms with Crippen LogP contribution in [0, 0.1) is 0 Å². The number of nitrogens with zero attached hydrogens (tertiary/aromatic N) is 2. The molecule has 0 spiro atoms. The van der Waals surface area contributed by atoms with Gasteiger partial charge in [-0.1, -0.05) is 30.7 Å². The topological polar surface area (TPSA) is 29.9 Å². The van der Waals surface area contributed by atoms with Crippen LogP contribution < -0.4 is 5.32 Å². The van der Waals surface area contributed by atoms with Crippen molar-refractivity contribution in [1.82, 2.24) is 15.1 Å². The third kappa shape index (κ3) is 3.41. The molecule has 1 aromatic carbocycles. The molecule has 2 aromatic rings. The van der Waals surface area contributed by atoms with Crippen LogP contribution in [0.1, 0.15) is 38.8 Å². The molecule has 3 nitrogen and oxygen atoms in total. The number of hydrogen-bond donors (Lipinski definition) is 1. The maximum Gasteiger partial charge on any atom is 0.0568 e. The van der Waals surface area contributed by atoms with Gasteiger partial charge in [0.05, 0.1) is 6.20 Å². The summed E-state index contributed by atoms with van der Waals surface area (Å²) >= 11 is 6.43. The third-order valence-electron chi connectivity index (χ3n) is 3.46. The lowest BCUT2D eigenvalue weighted by molar-refractivity contribution is 0.571. The van der Waals surface area contributed by atoms with Gasteiger partial charge in [-0.25, -0.2) is 0 Å². The Labute approximate surface area is 126 Å². The van der Waals surface area contributed by atoms with E-state index in [0.29, 0.717) is 0 Å². The zero-order valence-electron chi connectivity index (χ0n) is 12.4. The van der Waals surface area contributed by atoms with E-state index in [1.807, 2.05) is 23.1 Å². The van der Waals surface area contributed by atoms with Gasteiger partial charge in [-0.15, -0.1) is 0 Å². The van der Waals surface area contributed by atoms with E-state index in [0.717, 1.165) is 41.2 Å². The lowest BCUT2D eigenvalue weighted by atomic mass is 10.0. The summed E-state index contributed by atoms with van der Waals surface area (Å²) in [7, 11) is 0. The van der Waals surface area contributed by atoms with E-state index in [1.165, 1.54) is 0 Å². The Morgan fingerprint density at radius 1 is 1.30 bits per heavy atom. The van der Waals surface area contributed by atoms with E-state index in [1.54, 1.807) is 0 Å². The molecule has 1 heterocycles. The van der Waals surface area contributed by atoms with Crippen LogP contribution in [0.15, 0.2) is 30.6 Å². The monoisotopic (exact) mass is 291 g/mol.